The summed E-state index contributed by atoms with van der Waals surface area (Å²) in [5, 5.41) is 8.41. The van der Waals surface area contributed by atoms with E-state index in [0.717, 1.165) is 19.5 Å². The molecule has 1 aromatic carbocycles. The molecule has 1 aromatic rings. The second-order valence-corrected chi connectivity index (χ2v) is 7.63. The van der Waals surface area contributed by atoms with Gasteiger partial charge in [0, 0.05) is 29.7 Å². The molecule has 8 heteroatoms. The molecule has 3 N–H and O–H groups in total. The van der Waals surface area contributed by atoms with E-state index in [0.29, 0.717) is 15.6 Å². The number of halogens is 1. The summed E-state index contributed by atoms with van der Waals surface area (Å²) in [6.07, 6.45) is 0.886. The highest BCUT2D eigenvalue weighted by Crippen LogP contribution is 2.25. The highest BCUT2D eigenvalue weighted by Gasteiger charge is 2.27. The van der Waals surface area contributed by atoms with Gasteiger partial charge in [-0.3, -0.25) is 4.79 Å². The van der Waals surface area contributed by atoms with Crippen LogP contribution in [0.1, 0.15) is 22.3 Å². The number of likely N-dealkylation sites (N-methyl/N-ethyl adjacent to an activating group) is 1. The molecule has 1 atom stereocenters. The number of nitrogens with zero attached hydrogens (tertiary/aromatic N) is 1. The molecule has 0 aliphatic carbocycles. The molecule has 1 fully saturated rings. The molecule has 1 aliphatic rings. The Hall–Kier alpha value is -0.960. The molecule has 0 bridgehead atoms. The van der Waals surface area contributed by atoms with Crippen molar-refractivity contribution in [1.29, 1.82) is 0 Å². The molecule has 2 rings (SSSR count). The average Bonchev–Trinajstić information content (AvgIpc) is 2.92. The van der Waals surface area contributed by atoms with Gasteiger partial charge in [-0.2, -0.15) is 0 Å². The van der Waals surface area contributed by atoms with Crippen molar-refractivity contribution >= 4 is 31.9 Å². The average molecular weight is 376 g/mol. The van der Waals surface area contributed by atoms with Crippen molar-refractivity contribution in [2.24, 2.45) is 5.14 Å². The Labute approximate surface area is 132 Å². The zero-order valence-electron chi connectivity index (χ0n) is 11.9. The Morgan fingerprint density at radius 3 is 2.67 bits per heavy atom. The van der Waals surface area contributed by atoms with Crippen molar-refractivity contribution in [3.05, 3.63) is 27.7 Å². The lowest BCUT2D eigenvalue weighted by molar-refractivity contribution is 0.0742. The molecule has 1 aliphatic heterocycles. The molecule has 0 saturated carbocycles. The van der Waals surface area contributed by atoms with Crippen LogP contribution in [-0.4, -0.2) is 45.4 Å². The van der Waals surface area contributed by atoms with Crippen LogP contribution in [0.25, 0.3) is 0 Å². The van der Waals surface area contributed by atoms with Crippen LogP contribution < -0.4 is 10.5 Å². The number of primary sulfonamides is 1. The number of nitrogens with two attached hydrogens (primary N) is 1. The highest BCUT2D eigenvalue weighted by atomic mass is 79.9. The van der Waals surface area contributed by atoms with Crippen LogP contribution in [0, 0.1) is 6.92 Å². The SMILES string of the molecule is Cc1c(C(=O)N(C)[C@@H]2CCNC2)cc(Br)cc1S(N)(=O)=O. The topological polar surface area (TPSA) is 92.5 Å². The standard InChI is InChI=1S/C13H18BrN3O3S/c1-8-11(5-9(14)6-12(8)21(15,19)20)13(18)17(2)10-3-4-16-7-10/h5-6,10,16H,3-4,7H2,1-2H3,(H2,15,19,20)/t10-/m1/s1. The van der Waals surface area contributed by atoms with E-state index in [1.54, 1.807) is 24.9 Å². The Morgan fingerprint density at radius 1 is 1.48 bits per heavy atom. The van der Waals surface area contributed by atoms with Crippen LogP contribution in [0.5, 0.6) is 0 Å². The minimum absolute atomic E-state index is 0.0295. The van der Waals surface area contributed by atoms with Crippen LogP contribution in [-0.2, 0) is 10.0 Å². The van der Waals surface area contributed by atoms with Gasteiger partial charge in [0.2, 0.25) is 10.0 Å². The lowest BCUT2D eigenvalue weighted by Crippen LogP contribution is -2.38. The van der Waals surface area contributed by atoms with Gasteiger partial charge in [-0.25, -0.2) is 13.6 Å². The zero-order chi connectivity index (χ0) is 15.8. The van der Waals surface area contributed by atoms with Gasteiger partial charge in [-0.1, -0.05) is 15.9 Å². The fourth-order valence-corrected chi connectivity index (χ4v) is 3.93. The van der Waals surface area contributed by atoms with E-state index in [1.807, 2.05) is 0 Å². The molecular weight excluding hydrogens is 358 g/mol. The van der Waals surface area contributed by atoms with E-state index in [-0.39, 0.29) is 16.8 Å². The first kappa shape index (κ1) is 16.4. The van der Waals surface area contributed by atoms with E-state index >= 15 is 0 Å². The summed E-state index contributed by atoms with van der Waals surface area (Å²) >= 11 is 3.24. The fraction of sp³-hybridized carbons (Fsp3) is 0.462. The molecule has 0 spiro atoms. The molecule has 0 aromatic heterocycles. The first-order valence-electron chi connectivity index (χ1n) is 6.52. The van der Waals surface area contributed by atoms with Crippen molar-refractivity contribution in [2.75, 3.05) is 20.1 Å². The summed E-state index contributed by atoms with van der Waals surface area (Å²) in [6.45, 7) is 3.22. The van der Waals surface area contributed by atoms with Crippen molar-refractivity contribution in [2.45, 2.75) is 24.3 Å². The number of benzene rings is 1. The summed E-state index contributed by atoms with van der Waals surface area (Å²) in [5.41, 5.74) is 0.728. The maximum atomic E-state index is 12.6. The highest BCUT2D eigenvalue weighted by molar-refractivity contribution is 9.10. The molecule has 0 unspecified atom stereocenters. The normalized spacial score (nSPS) is 18.8. The van der Waals surface area contributed by atoms with Crippen LogP contribution in [0.3, 0.4) is 0 Å². The van der Waals surface area contributed by atoms with Gasteiger partial charge >= 0.3 is 0 Å². The van der Waals surface area contributed by atoms with Gasteiger partial charge in [-0.05, 0) is 37.6 Å². The molecular formula is C13H18BrN3O3S. The minimum Gasteiger partial charge on any atom is -0.337 e. The van der Waals surface area contributed by atoms with E-state index in [1.165, 1.54) is 6.07 Å². The monoisotopic (exact) mass is 375 g/mol. The van der Waals surface area contributed by atoms with Gasteiger partial charge < -0.3 is 10.2 Å². The third kappa shape index (κ3) is 3.45. The Morgan fingerprint density at radius 2 is 2.14 bits per heavy atom. The first-order chi connectivity index (χ1) is 9.71. The lowest BCUT2D eigenvalue weighted by Gasteiger charge is -2.25. The second kappa shape index (κ2) is 6.04. The van der Waals surface area contributed by atoms with Crippen molar-refractivity contribution in [1.82, 2.24) is 10.2 Å². The van der Waals surface area contributed by atoms with Crippen LogP contribution >= 0.6 is 15.9 Å². The van der Waals surface area contributed by atoms with E-state index in [2.05, 4.69) is 21.2 Å². The van der Waals surface area contributed by atoms with E-state index in [9.17, 15) is 13.2 Å². The summed E-state index contributed by atoms with van der Waals surface area (Å²) in [7, 11) is -2.14. The quantitative estimate of drug-likeness (QED) is 0.818. The number of carbonyl (C=O) groups is 1. The first-order valence-corrected chi connectivity index (χ1v) is 8.86. The van der Waals surface area contributed by atoms with Crippen molar-refractivity contribution in [3.63, 3.8) is 0 Å². The third-order valence-corrected chi connectivity index (χ3v) is 5.26. The smallest absolute Gasteiger partial charge is 0.254 e. The molecule has 21 heavy (non-hydrogen) atoms. The summed E-state index contributed by atoms with van der Waals surface area (Å²) in [6, 6.07) is 3.16. The number of amides is 1. The second-order valence-electron chi connectivity index (χ2n) is 5.18. The van der Waals surface area contributed by atoms with E-state index < -0.39 is 10.0 Å². The molecule has 1 saturated heterocycles. The number of sulfonamides is 1. The molecule has 6 nitrogen and oxygen atoms in total. The minimum atomic E-state index is -3.87. The Bertz CT molecular complexity index is 669. The van der Waals surface area contributed by atoms with Crippen LogP contribution in [0.15, 0.2) is 21.5 Å². The number of carbonyl (C=O) groups excluding carboxylic acids is 1. The molecule has 1 amide bonds. The predicted molar refractivity (Wildman–Crippen MR) is 83.6 cm³/mol. The maximum Gasteiger partial charge on any atom is 0.254 e. The molecule has 0 radical (unpaired) electrons. The number of hydrogen-bond acceptors (Lipinski definition) is 4. The number of nitrogens with one attached hydrogen (secondary N) is 1. The van der Waals surface area contributed by atoms with Gasteiger partial charge in [0.05, 0.1) is 4.90 Å². The largest absolute Gasteiger partial charge is 0.337 e. The van der Waals surface area contributed by atoms with Crippen LogP contribution in [0.4, 0.5) is 0 Å². The maximum absolute atomic E-state index is 12.6. The molecule has 116 valence electrons. The summed E-state index contributed by atoms with van der Waals surface area (Å²) in [5.74, 6) is -0.201. The van der Waals surface area contributed by atoms with Crippen LogP contribution in [0.2, 0.25) is 0 Å². The van der Waals surface area contributed by atoms with E-state index in [4.69, 9.17) is 5.14 Å². The zero-order valence-corrected chi connectivity index (χ0v) is 14.3. The summed E-state index contributed by atoms with van der Waals surface area (Å²) < 4.78 is 23.8. The lowest BCUT2D eigenvalue weighted by atomic mass is 10.1. The fourth-order valence-electron chi connectivity index (χ4n) is 2.50. The summed E-state index contributed by atoms with van der Waals surface area (Å²) in [4.78, 5) is 14.3. The van der Waals surface area contributed by atoms with Crippen molar-refractivity contribution < 1.29 is 13.2 Å². The van der Waals surface area contributed by atoms with Gasteiger partial charge in [0.1, 0.15) is 0 Å². The van der Waals surface area contributed by atoms with Gasteiger partial charge in [0.25, 0.3) is 5.91 Å². The van der Waals surface area contributed by atoms with Crippen molar-refractivity contribution in [3.8, 4) is 0 Å². The predicted octanol–water partition coefficient (Wildman–Crippen LogP) is 0.839. The van der Waals surface area contributed by atoms with Gasteiger partial charge in [-0.15, -0.1) is 0 Å². The number of hydrogen-bond donors (Lipinski definition) is 2. The Balaban J connectivity index is 2.44. The Kier molecular flexibility index (Phi) is 4.72. The third-order valence-electron chi connectivity index (χ3n) is 3.76. The van der Waals surface area contributed by atoms with Gasteiger partial charge in [0.15, 0.2) is 0 Å². The number of rotatable bonds is 3. The molecule has 1 heterocycles.